The van der Waals surface area contributed by atoms with Crippen LogP contribution < -0.4 is 24.4 Å². The number of amides is 2. The third kappa shape index (κ3) is 4.61. The Morgan fingerprint density at radius 3 is 2.70 bits per heavy atom. The zero-order chi connectivity index (χ0) is 21.7. The zero-order valence-electron chi connectivity index (χ0n) is 16.6. The van der Waals surface area contributed by atoms with Crippen molar-refractivity contribution in [2.75, 3.05) is 25.1 Å². The van der Waals surface area contributed by atoms with Crippen molar-refractivity contribution < 1.29 is 32.6 Å². The first kappa shape index (κ1) is 21.4. The second kappa shape index (κ2) is 9.43. The molecule has 30 heavy (non-hydrogen) atoms. The summed E-state index contributed by atoms with van der Waals surface area (Å²) in [5.74, 6) is -0.523. The number of carbonyl (C=O) groups excluding carboxylic acids is 2. The van der Waals surface area contributed by atoms with Gasteiger partial charge in [-0.1, -0.05) is 19.1 Å². The lowest BCUT2D eigenvalue weighted by atomic mass is 10.1. The van der Waals surface area contributed by atoms with E-state index in [1.807, 2.05) is 6.92 Å². The minimum atomic E-state index is -3.02. The van der Waals surface area contributed by atoms with Gasteiger partial charge in [0.05, 0.1) is 19.3 Å². The highest BCUT2D eigenvalue weighted by Gasteiger charge is 2.34. The molecule has 0 unspecified atom stereocenters. The number of nitrogens with zero attached hydrogens (tertiary/aromatic N) is 1. The summed E-state index contributed by atoms with van der Waals surface area (Å²) in [6.45, 7) is -0.587. The molecule has 2 amide bonds. The van der Waals surface area contributed by atoms with E-state index in [1.165, 1.54) is 30.2 Å². The third-order valence-electron chi connectivity index (χ3n) is 4.49. The molecule has 0 bridgehead atoms. The maximum Gasteiger partial charge on any atom is 0.387 e. The molecule has 0 aromatic heterocycles. The van der Waals surface area contributed by atoms with E-state index in [4.69, 9.17) is 9.47 Å². The van der Waals surface area contributed by atoms with Crippen molar-refractivity contribution in [3.63, 3.8) is 0 Å². The molecule has 9 heteroatoms. The van der Waals surface area contributed by atoms with E-state index in [2.05, 4.69) is 10.1 Å². The number of rotatable bonds is 7. The van der Waals surface area contributed by atoms with Crippen molar-refractivity contribution in [3.8, 4) is 17.2 Å². The van der Waals surface area contributed by atoms with Crippen LogP contribution in [0.25, 0.3) is 0 Å². The Labute approximate surface area is 172 Å². The van der Waals surface area contributed by atoms with E-state index in [0.717, 1.165) is 6.42 Å². The van der Waals surface area contributed by atoms with Gasteiger partial charge >= 0.3 is 6.61 Å². The molecule has 0 fully saturated rings. The van der Waals surface area contributed by atoms with E-state index in [-0.39, 0.29) is 29.5 Å². The fraction of sp³-hybridized carbons (Fsp3) is 0.333. The van der Waals surface area contributed by atoms with E-state index in [0.29, 0.717) is 18.0 Å². The summed E-state index contributed by atoms with van der Waals surface area (Å²) >= 11 is 0. The molecule has 0 spiro atoms. The number of ether oxygens (including phenoxy) is 3. The van der Waals surface area contributed by atoms with Gasteiger partial charge in [-0.3, -0.25) is 9.59 Å². The fourth-order valence-corrected chi connectivity index (χ4v) is 3.08. The lowest BCUT2D eigenvalue weighted by Gasteiger charge is -2.34. The van der Waals surface area contributed by atoms with Crippen LogP contribution in [0, 0.1) is 0 Å². The van der Waals surface area contributed by atoms with Gasteiger partial charge in [-0.2, -0.15) is 8.78 Å². The van der Waals surface area contributed by atoms with Gasteiger partial charge in [-0.15, -0.1) is 0 Å². The van der Waals surface area contributed by atoms with E-state index in [9.17, 15) is 18.4 Å². The maximum atomic E-state index is 13.2. The van der Waals surface area contributed by atoms with Crippen LogP contribution in [0.15, 0.2) is 42.5 Å². The Hall–Kier alpha value is -3.36. The largest absolute Gasteiger partial charge is 0.493 e. The molecule has 1 atom stereocenters. The van der Waals surface area contributed by atoms with E-state index < -0.39 is 18.6 Å². The predicted octanol–water partition coefficient (Wildman–Crippen LogP) is 3.23. The van der Waals surface area contributed by atoms with Gasteiger partial charge in [0, 0.05) is 12.1 Å². The van der Waals surface area contributed by atoms with Crippen LogP contribution in [0.1, 0.15) is 23.7 Å². The summed E-state index contributed by atoms with van der Waals surface area (Å²) in [7, 11) is 1.29. The number of benzene rings is 2. The average Bonchev–Trinajstić information content (AvgIpc) is 2.76. The Morgan fingerprint density at radius 2 is 2.00 bits per heavy atom. The van der Waals surface area contributed by atoms with Gasteiger partial charge < -0.3 is 24.4 Å². The second-order valence-electron chi connectivity index (χ2n) is 6.53. The highest BCUT2D eigenvalue weighted by Crippen LogP contribution is 2.35. The Morgan fingerprint density at radius 1 is 1.23 bits per heavy atom. The zero-order valence-corrected chi connectivity index (χ0v) is 16.6. The number of hydrogen-bond acceptors (Lipinski definition) is 5. The normalized spacial score (nSPS) is 15.2. The molecule has 0 aliphatic carbocycles. The first-order valence-electron chi connectivity index (χ1n) is 9.42. The minimum Gasteiger partial charge on any atom is -0.493 e. The number of halogens is 2. The quantitative estimate of drug-likeness (QED) is 0.744. The van der Waals surface area contributed by atoms with Crippen molar-refractivity contribution in [1.29, 1.82) is 0 Å². The van der Waals surface area contributed by atoms with Crippen molar-refractivity contribution in [2.24, 2.45) is 0 Å². The number of para-hydroxylation sites is 2. The van der Waals surface area contributed by atoms with E-state index >= 15 is 0 Å². The van der Waals surface area contributed by atoms with E-state index in [1.54, 1.807) is 24.3 Å². The third-order valence-corrected chi connectivity index (χ3v) is 4.49. The van der Waals surface area contributed by atoms with Crippen LogP contribution in [0.2, 0.25) is 0 Å². The Balaban J connectivity index is 1.91. The Kier molecular flexibility index (Phi) is 6.71. The summed E-state index contributed by atoms with van der Waals surface area (Å²) in [5, 5.41) is 2.77. The fourth-order valence-electron chi connectivity index (χ4n) is 3.08. The number of fused-ring (bicyclic) bond motifs is 1. The summed E-state index contributed by atoms with van der Waals surface area (Å²) in [5.41, 5.74) is 0.701. The lowest BCUT2D eigenvalue weighted by molar-refractivity contribution is -0.127. The van der Waals surface area contributed by atoms with Gasteiger partial charge in [-0.05, 0) is 36.8 Å². The van der Waals surface area contributed by atoms with Crippen LogP contribution in [0.4, 0.5) is 14.5 Å². The molecule has 1 aliphatic heterocycles. The molecular weight excluding hydrogens is 398 g/mol. The standard InChI is InChI=1S/C21H22F2N2O5/c1-3-10-24-19(26)18-12-25(14-6-4-5-7-15(14)29-18)20(27)13-8-9-16(30-21(22)23)17(11-13)28-2/h4-9,11,18,21H,3,10,12H2,1-2H3,(H,24,26)/t18-/m1/s1. The van der Waals surface area contributed by atoms with Crippen molar-refractivity contribution in [2.45, 2.75) is 26.1 Å². The molecule has 7 nitrogen and oxygen atoms in total. The number of nitrogens with one attached hydrogen (secondary N) is 1. The summed E-state index contributed by atoms with van der Waals surface area (Å²) < 4.78 is 40.4. The SMILES string of the molecule is CCCNC(=O)[C@H]1CN(C(=O)c2ccc(OC(F)F)c(OC)c2)c2ccccc2O1. The number of methoxy groups -OCH3 is 1. The lowest BCUT2D eigenvalue weighted by Crippen LogP contribution is -2.50. The van der Waals surface area contributed by atoms with Gasteiger partial charge in [0.1, 0.15) is 5.75 Å². The molecule has 0 saturated heterocycles. The molecule has 0 saturated carbocycles. The monoisotopic (exact) mass is 420 g/mol. The van der Waals surface area contributed by atoms with Crippen molar-refractivity contribution in [1.82, 2.24) is 5.32 Å². The highest BCUT2D eigenvalue weighted by molar-refractivity contribution is 6.08. The second-order valence-corrected chi connectivity index (χ2v) is 6.53. The number of alkyl halides is 2. The molecular formula is C21H22F2N2O5. The van der Waals surface area contributed by atoms with Gasteiger partial charge in [0.25, 0.3) is 11.8 Å². The van der Waals surface area contributed by atoms with Crippen LogP contribution in [0.5, 0.6) is 17.2 Å². The summed E-state index contributed by atoms with van der Waals surface area (Å²) in [4.78, 5) is 27.1. The number of anilines is 1. The molecule has 2 aromatic carbocycles. The molecule has 0 radical (unpaired) electrons. The molecule has 1 N–H and O–H groups in total. The molecule has 2 aromatic rings. The molecule has 1 heterocycles. The average molecular weight is 420 g/mol. The topological polar surface area (TPSA) is 77.1 Å². The first-order valence-corrected chi connectivity index (χ1v) is 9.42. The summed E-state index contributed by atoms with van der Waals surface area (Å²) in [6, 6.07) is 10.8. The number of hydrogen-bond donors (Lipinski definition) is 1. The minimum absolute atomic E-state index is 0.0000616. The maximum absolute atomic E-state index is 13.2. The van der Waals surface area contributed by atoms with Gasteiger partial charge in [-0.25, -0.2) is 0 Å². The van der Waals surface area contributed by atoms with Crippen LogP contribution >= 0.6 is 0 Å². The van der Waals surface area contributed by atoms with Crippen LogP contribution in [-0.2, 0) is 4.79 Å². The number of carbonyl (C=O) groups is 2. The summed E-state index contributed by atoms with van der Waals surface area (Å²) in [6.07, 6.45) is -0.108. The smallest absolute Gasteiger partial charge is 0.387 e. The van der Waals surface area contributed by atoms with Crippen molar-refractivity contribution in [3.05, 3.63) is 48.0 Å². The Bertz CT molecular complexity index is 922. The van der Waals surface area contributed by atoms with Gasteiger partial charge in [0.15, 0.2) is 17.6 Å². The first-order chi connectivity index (χ1) is 14.4. The van der Waals surface area contributed by atoms with Crippen molar-refractivity contribution >= 4 is 17.5 Å². The van der Waals surface area contributed by atoms with Crippen LogP contribution in [0.3, 0.4) is 0 Å². The van der Waals surface area contributed by atoms with Gasteiger partial charge in [0.2, 0.25) is 0 Å². The van der Waals surface area contributed by atoms with Crippen LogP contribution in [-0.4, -0.2) is 44.7 Å². The molecule has 1 aliphatic rings. The molecule has 3 rings (SSSR count). The predicted molar refractivity (Wildman–Crippen MR) is 105 cm³/mol. The highest BCUT2D eigenvalue weighted by atomic mass is 19.3. The molecule has 160 valence electrons.